The molecule has 0 radical (unpaired) electrons. The van der Waals surface area contributed by atoms with Gasteiger partial charge in [0.1, 0.15) is 5.82 Å². The number of aryl methyl sites for hydroxylation is 1. The lowest BCUT2D eigenvalue weighted by atomic mass is 9.93. The van der Waals surface area contributed by atoms with Gasteiger partial charge in [-0.2, -0.15) is 0 Å². The van der Waals surface area contributed by atoms with E-state index in [9.17, 15) is 4.39 Å². The summed E-state index contributed by atoms with van der Waals surface area (Å²) in [4.78, 5) is 0. The molecule has 1 heteroatoms. The molecule has 0 aliphatic heterocycles. The molecule has 102 valence electrons. The van der Waals surface area contributed by atoms with Crippen molar-refractivity contribution >= 4 is 0 Å². The van der Waals surface area contributed by atoms with E-state index < -0.39 is 0 Å². The number of hydrogen-bond acceptors (Lipinski definition) is 0. The van der Waals surface area contributed by atoms with E-state index in [4.69, 9.17) is 0 Å². The van der Waals surface area contributed by atoms with Crippen LogP contribution in [0.1, 0.15) is 32.8 Å². The second kappa shape index (κ2) is 7.73. The number of benzene rings is 1. The number of hydrogen-bond donors (Lipinski definition) is 0. The molecule has 0 heterocycles. The highest BCUT2D eigenvalue weighted by Gasteiger charge is 2.06. The van der Waals surface area contributed by atoms with E-state index in [0.29, 0.717) is 5.92 Å². The van der Waals surface area contributed by atoms with Crippen LogP contribution >= 0.6 is 0 Å². The molecule has 0 N–H and O–H groups in total. The Balaban J connectivity index is 2.56. The summed E-state index contributed by atoms with van der Waals surface area (Å²) in [6.07, 6.45) is 8.36. The first-order valence-corrected chi connectivity index (χ1v) is 6.77. The Kier molecular flexibility index (Phi) is 6.27. The molecule has 19 heavy (non-hydrogen) atoms. The van der Waals surface area contributed by atoms with Gasteiger partial charge in [0.05, 0.1) is 0 Å². The van der Waals surface area contributed by atoms with Gasteiger partial charge in [0.2, 0.25) is 0 Å². The van der Waals surface area contributed by atoms with Crippen LogP contribution in [0.4, 0.5) is 4.39 Å². The summed E-state index contributed by atoms with van der Waals surface area (Å²) in [7, 11) is 0. The molecule has 0 saturated carbocycles. The minimum absolute atomic E-state index is 0.171. The second-order valence-electron chi connectivity index (χ2n) is 5.03. The smallest absolute Gasteiger partial charge is 0.123 e. The molecule has 0 aliphatic carbocycles. The fourth-order valence-electron chi connectivity index (χ4n) is 1.98. The Bertz CT molecular complexity index is 463. The van der Waals surface area contributed by atoms with Gasteiger partial charge >= 0.3 is 0 Å². The summed E-state index contributed by atoms with van der Waals surface area (Å²) < 4.78 is 12.8. The van der Waals surface area contributed by atoms with Crippen molar-refractivity contribution in [1.29, 1.82) is 0 Å². The van der Waals surface area contributed by atoms with E-state index in [1.807, 2.05) is 25.1 Å². The average Bonchev–Trinajstić information content (AvgIpc) is 2.38. The Morgan fingerprint density at radius 2 is 1.89 bits per heavy atom. The molecule has 0 aliphatic rings. The fraction of sp³-hybridized carbons (Fsp3) is 0.333. The Hall–Kier alpha value is -1.63. The molecule has 1 unspecified atom stereocenters. The number of allylic oxidation sites excluding steroid dienone is 5. The van der Waals surface area contributed by atoms with E-state index in [1.54, 1.807) is 0 Å². The number of rotatable bonds is 6. The zero-order chi connectivity index (χ0) is 14.3. The highest BCUT2D eigenvalue weighted by molar-refractivity contribution is 5.27. The largest absolute Gasteiger partial charge is 0.207 e. The van der Waals surface area contributed by atoms with Crippen molar-refractivity contribution in [2.45, 2.75) is 33.6 Å². The molecule has 1 atom stereocenters. The highest BCUT2D eigenvalue weighted by atomic mass is 19.1. The maximum Gasteiger partial charge on any atom is 0.123 e. The third-order valence-corrected chi connectivity index (χ3v) is 3.24. The predicted molar refractivity (Wildman–Crippen MR) is 81.6 cm³/mol. The third-order valence-electron chi connectivity index (χ3n) is 3.24. The van der Waals surface area contributed by atoms with Crippen LogP contribution in [0.3, 0.4) is 0 Å². The van der Waals surface area contributed by atoms with Crippen LogP contribution in [0, 0.1) is 11.7 Å². The third kappa shape index (κ3) is 5.69. The minimum Gasteiger partial charge on any atom is -0.207 e. The first-order chi connectivity index (χ1) is 9.02. The van der Waals surface area contributed by atoms with Crippen LogP contribution in [-0.4, -0.2) is 0 Å². The van der Waals surface area contributed by atoms with E-state index in [0.717, 1.165) is 18.4 Å². The lowest BCUT2D eigenvalue weighted by molar-refractivity contribution is 0.615. The molecule has 0 aromatic heterocycles. The average molecular weight is 258 g/mol. The van der Waals surface area contributed by atoms with Gasteiger partial charge < -0.3 is 0 Å². The van der Waals surface area contributed by atoms with Crippen LogP contribution in [0.25, 0.3) is 0 Å². The van der Waals surface area contributed by atoms with Crippen LogP contribution in [-0.2, 0) is 6.42 Å². The van der Waals surface area contributed by atoms with Gasteiger partial charge in [0, 0.05) is 0 Å². The molecular weight excluding hydrogens is 235 g/mol. The van der Waals surface area contributed by atoms with Crippen molar-refractivity contribution in [3.63, 3.8) is 0 Å². The van der Waals surface area contributed by atoms with E-state index >= 15 is 0 Å². The molecule has 0 amide bonds. The van der Waals surface area contributed by atoms with Crippen LogP contribution in [0.15, 0.2) is 60.2 Å². The molecule has 0 spiro atoms. The van der Waals surface area contributed by atoms with Gasteiger partial charge in [-0.1, -0.05) is 49.4 Å². The molecular formula is C18H23F. The quantitative estimate of drug-likeness (QED) is 0.593. The van der Waals surface area contributed by atoms with Crippen LogP contribution < -0.4 is 0 Å². The monoisotopic (exact) mass is 258 g/mol. The van der Waals surface area contributed by atoms with Gasteiger partial charge in [-0.3, -0.25) is 0 Å². The topological polar surface area (TPSA) is 0 Å². The van der Waals surface area contributed by atoms with Crippen molar-refractivity contribution in [3.05, 3.63) is 71.6 Å². The molecule has 1 aromatic rings. The van der Waals surface area contributed by atoms with Crippen molar-refractivity contribution in [1.82, 2.24) is 0 Å². The predicted octanol–water partition coefficient (Wildman–Crippen LogP) is 5.47. The summed E-state index contributed by atoms with van der Waals surface area (Å²) in [6, 6.07) is 6.78. The summed E-state index contributed by atoms with van der Waals surface area (Å²) in [5, 5.41) is 0. The van der Waals surface area contributed by atoms with Crippen LogP contribution in [0.2, 0.25) is 0 Å². The van der Waals surface area contributed by atoms with Crippen molar-refractivity contribution in [2.24, 2.45) is 5.92 Å². The van der Waals surface area contributed by atoms with Gasteiger partial charge in [0.15, 0.2) is 0 Å². The molecule has 1 aromatic carbocycles. The maximum atomic E-state index is 12.8. The van der Waals surface area contributed by atoms with Gasteiger partial charge in [0.25, 0.3) is 0 Å². The summed E-state index contributed by atoms with van der Waals surface area (Å²) in [5.41, 5.74) is 3.57. The first-order valence-electron chi connectivity index (χ1n) is 6.77. The van der Waals surface area contributed by atoms with Crippen molar-refractivity contribution in [2.75, 3.05) is 0 Å². The molecule has 0 fully saturated rings. The molecule has 0 bridgehead atoms. The van der Waals surface area contributed by atoms with Crippen molar-refractivity contribution in [3.8, 4) is 0 Å². The SMILES string of the molecule is C=C(C)/C=C\C(=C/C)C(C)CCc1ccc(F)cc1. The van der Waals surface area contributed by atoms with Gasteiger partial charge in [-0.25, -0.2) is 4.39 Å². The molecule has 0 saturated heterocycles. The Morgan fingerprint density at radius 1 is 1.26 bits per heavy atom. The van der Waals surface area contributed by atoms with Crippen LogP contribution in [0.5, 0.6) is 0 Å². The zero-order valence-corrected chi connectivity index (χ0v) is 12.1. The minimum atomic E-state index is -0.171. The van der Waals surface area contributed by atoms with Gasteiger partial charge in [-0.15, -0.1) is 0 Å². The van der Waals surface area contributed by atoms with E-state index in [-0.39, 0.29) is 5.82 Å². The fourth-order valence-corrected chi connectivity index (χ4v) is 1.98. The summed E-state index contributed by atoms with van der Waals surface area (Å²) in [6.45, 7) is 10.2. The lowest BCUT2D eigenvalue weighted by Gasteiger charge is -2.13. The highest BCUT2D eigenvalue weighted by Crippen LogP contribution is 2.19. The van der Waals surface area contributed by atoms with Gasteiger partial charge in [-0.05, 0) is 55.9 Å². The lowest BCUT2D eigenvalue weighted by Crippen LogP contribution is -2.00. The summed E-state index contributed by atoms with van der Waals surface area (Å²) in [5.74, 6) is 0.320. The Labute approximate surface area is 116 Å². The van der Waals surface area contributed by atoms with E-state index in [1.165, 1.54) is 23.3 Å². The standard InChI is InChI=1S/C18H23F/c1-5-17(11-6-14(2)3)15(4)7-8-16-9-12-18(19)13-10-16/h5-6,9-13,15H,2,7-8H2,1,3-4H3/b11-6-,17-5+. The zero-order valence-electron chi connectivity index (χ0n) is 12.1. The summed E-state index contributed by atoms with van der Waals surface area (Å²) >= 11 is 0. The molecule has 1 rings (SSSR count). The number of halogens is 1. The van der Waals surface area contributed by atoms with E-state index in [2.05, 4.69) is 32.6 Å². The maximum absolute atomic E-state index is 12.8. The Morgan fingerprint density at radius 3 is 2.42 bits per heavy atom. The van der Waals surface area contributed by atoms with Crippen molar-refractivity contribution < 1.29 is 4.39 Å². The normalized spacial score (nSPS) is 13.8. The first kappa shape index (κ1) is 15.4. The molecule has 0 nitrogen and oxygen atoms in total. The second-order valence-corrected chi connectivity index (χ2v) is 5.03.